The predicted octanol–water partition coefficient (Wildman–Crippen LogP) is -0.312. The van der Waals surface area contributed by atoms with Gasteiger partial charge in [0.1, 0.15) is 0 Å². The van der Waals surface area contributed by atoms with Crippen LogP contribution < -0.4 is 11.1 Å². The number of piperidine rings is 1. The molecule has 4 heteroatoms. The van der Waals surface area contributed by atoms with Gasteiger partial charge in [-0.1, -0.05) is 0 Å². The minimum atomic E-state index is 0.212. The van der Waals surface area contributed by atoms with Gasteiger partial charge in [0.15, 0.2) is 0 Å². The van der Waals surface area contributed by atoms with E-state index in [1.165, 1.54) is 0 Å². The van der Waals surface area contributed by atoms with Gasteiger partial charge in [-0.25, -0.2) is 0 Å². The van der Waals surface area contributed by atoms with Crippen molar-refractivity contribution in [1.82, 2.24) is 10.2 Å². The van der Waals surface area contributed by atoms with Crippen LogP contribution in [0.5, 0.6) is 0 Å². The predicted molar refractivity (Wildman–Crippen MR) is 54.8 cm³/mol. The SMILES string of the molecule is NC1CCN(CC2CCC(=O)N2)CC1. The highest BCUT2D eigenvalue weighted by Gasteiger charge is 2.24. The van der Waals surface area contributed by atoms with E-state index < -0.39 is 0 Å². The Balaban J connectivity index is 1.72. The third kappa shape index (κ3) is 2.45. The van der Waals surface area contributed by atoms with Crippen molar-refractivity contribution < 1.29 is 4.79 Å². The Morgan fingerprint density at radius 3 is 2.64 bits per heavy atom. The van der Waals surface area contributed by atoms with Crippen molar-refractivity contribution in [2.24, 2.45) is 5.73 Å². The summed E-state index contributed by atoms with van der Waals surface area (Å²) in [4.78, 5) is 13.4. The second-order valence-corrected chi connectivity index (χ2v) is 4.44. The monoisotopic (exact) mass is 197 g/mol. The average molecular weight is 197 g/mol. The molecule has 4 nitrogen and oxygen atoms in total. The van der Waals surface area contributed by atoms with Gasteiger partial charge in [-0.05, 0) is 32.4 Å². The van der Waals surface area contributed by atoms with Crippen LogP contribution >= 0.6 is 0 Å². The first kappa shape index (κ1) is 9.93. The van der Waals surface area contributed by atoms with Crippen LogP contribution in [-0.2, 0) is 4.79 Å². The lowest BCUT2D eigenvalue weighted by atomic mass is 10.1. The standard InChI is InChI=1S/C10H19N3O/c11-8-3-5-13(6-4-8)7-9-1-2-10(14)12-9/h8-9H,1-7,11H2,(H,12,14). The van der Waals surface area contributed by atoms with Gasteiger partial charge in [-0.3, -0.25) is 4.79 Å². The number of hydrogen-bond donors (Lipinski definition) is 2. The largest absolute Gasteiger partial charge is 0.352 e. The molecule has 2 heterocycles. The lowest BCUT2D eigenvalue weighted by Crippen LogP contribution is -2.45. The van der Waals surface area contributed by atoms with Crippen LogP contribution in [0.3, 0.4) is 0 Å². The number of carbonyl (C=O) groups excluding carboxylic acids is 1. The molecule has 0 saturated carbocycles. The van der Waals surface area contributed by atoms with Crippen molar-refractivity contribution in [2.75, 3.05) is 19.6 Å². The number of rotatable bonds is 2. The third-order valence-corrected chi connectivity index (χ3v) is 3.20. The average Bonchev–Trinajstić information content (AvgIpc) is 2.56. The molecule has 0 aromatic carbocycles. The zero-order chi connectivity index (χ0) is 9.97. The molecule has 2 fully saturated rings. The van der Waals surface area contributed by atoms with E-state index in [0.717, 1.165) is 38.9 Å². The zero-order valence-corrected chi connectivity index (χ0v) is 8.54. The molecule has 80 valence electrons. The molecule has 0 aliphatic carbocycles. The van der Waals surface area contributed by atoms with E-state index >= 15 is 0 Å². The van der Waals surface area contributed by atoms with Crippen molar-refractivity contribution in [3.63, 3.8) is 0 Å². The summed E-state index contributed by atoms with van der Waals surface area (Å²) >= 11 is 0. The molecular weight excluding hydrogens is 178 g/mol. The second kappa shape index (κ2) is 4.28. The maximum atomic E-state index is 11.0. The molecule has 0 aromatic rings. The van der Waals surface area contributed by atoms with Gasteiger partial charge in [0.2, 0.25) is 5.91 Å². The van der Waals surface area contributed by atoms with E-state index in [1.54, 1.807) is 0 Å². The van der Waals surface area contributed by atoms with Crippen molar-refractivity contribution in [3.05, 3.63) is 0 Å². The molecule has 2 aliphatic rings. The molecule has 1 unspecified atom stereocenters. The molecule has 2 aliphatic heterocycles. The van der Waals surface area contributed by atoms with Crippen molar-refractivity contribution in [3.8, 4) is 0 Å². The molecule has 0 radical (unpaired) electrons. The van der Waals surface area contributed by atoms with E-state index in [2.05, 4.69) is 10.2 Å². The summed E-state index contributed by atoms with van der Waals surface area (Å²) in [5, 5.41) is 3.00. The first-order chi connectivity index (χ1) is 6.74. The number of nitrogens with two attached hydrogens (primary N) is 1. The molecule has 2 saturated heterocycles. The van der Waals surface area contributed by atoms with Crippen LogP contribution in [0.1, 0.15) is 25.7 Å². The van der Waals surface area contributed by atoms with Gasteiger partial charge < -0.3 is 16.0 Å². The summed E-state index contributed by atoms with van der Waals surface area (Å²) in [5.41, 5.74) is 5.83. The highest BCUT2D eigenvalue weighted by molar-refractivity contribution is 5.78. The molecule has 3 N–H and O–H groups in total. The first-order valence-corrected chi connectivity index (χ1v) is 5.51. The summed E-state index contributed by atoms with van der Waals surface area (Å²) in [6.45, 7) is 3.19. The molecular formula is C10H19N3O. The van der Waals surface area contributed by atoms with Crippen LogP contribution in [0.2, 0.25) is 0 Å². The molecule has 2 rings (SSSR count). The Morgan fingerprint density at radius 1 is 1.36 bits per heavy atom. The van der Waals surface area contributed by atoms with Gasteiger partial charge in [0.05, 0.1) is 0 Å². The smallest absolute Gasteiger partial charge is 0.220 e. The van der Waals surface area contributed by atoms with E-state index in [4.69, 9.17) is 5.73 Å². The maximum absolute atomic E-state index is 11.0. The highest BCUT2D eigenvalue weighted by Crippen LogP contribution is 2.12. The number of nitrogens with zero attached hydrogens (tertiary/aromatic N) is 1. The summed E-state index contributed by atoms with van der Waals surface area (Å²) in [6, 6.07) is 0.779. The van der Waals surface area contributed by atoms with Crippen LogP contribution in [0.4, 0.5) is 0 Å². The molecule has 1 amide bonds. The number of hydrogen-bond acceptors (Lipinski definition) is 3. The van der Waals surface area contributed by atoms with Crippen molar-refractivity contribution >= 4 is 5.91 Å². The quantitative estimate of drug-likeness (QED) is 0.638. The van der Waals surface area contributed by atoms with E-state index in [9.17, 15) is 4.79 Å². The van der Waals surface area contributed by atoms with Crippen LogP contribution in [0, 0.1) is 0 Å². The Kier molecular flexibility index (Phi) is 3.03. The molecule has 0 bridgehead atoms. The number of carbonyl (C=O) groups is 1. The summed E-state index contributed by atoms with van der Waals surface area (Å²) in [7, 11) is 0. The minimum absolute atomic E-state index is 0.212. The highest BCUT2D eigenvalue weighted by atomic mass is 16.1. The van der Waals surface area contributed by atoms with Crippen LogP contribution in [0.15, 0.2) is 0 Å². The molecule has 1 atom stereocenters. The zero-order valence-electron chi connectivity index (χ0n) is 8.54. The lowest BCUT2D eigenvalue weighted by Gasteiger charge is -2.31. The lowest BCUT2D eigenvalue weighted by molar-refractivity contribution is -0.119. The maximum Gasteiger partial charge on any atom is 0.220 e. The number of likely N-dealkylation sites (tertiary alicyclic amines) is 1. The number of amides is 1. The minimum Gasteiger partial charge on any atom is -0.352 e. The summed E-state index contributed by atoms with van der Waals surface area (Å²) in [5.74, 6) is 0.212. The molecule has 0 spiro atoms. The molecule has 14 heavy (non-hydrogen) atoms. The van der Waals surface area contributed by atoms with E-state index in [-0.39, 0.29) is 5.91 Å². The fraction of sp³-hybridized carbons (Fsp3) is 0.900. The fourth-order valence-corrected chi connectivity index (χ4v) is 2.26. The first-order valence-electron chi connectivity index (χ1n) is 5.51. The third-order valence-electron chi connectivity index (χ3n) is 3.20. The normalized spacial score (nSPS) is 30.6. The summed E-state index contributed by atoms with van der Waals surface area (Å²) in [6.07, 6.45) is 3.90. The number of nitrogens with one attached hydrogen (secondary N) is 1. The van der Waals surface area contributed by atoms with Crippen LogP contribution in [-0.4, -0.2) is 42.5 Å². The Hall–Kier alpha value is -0.610. The second-order valence-electron chi connectivity index (χ2n) is 4.44. The van der Waals surface area contributed by atoms with Gasteiger partial charge >= 0.3 is 0 Å². The molecule has 0 aromatic heterocycles. The van der Waals surface area contributed by atoms with Crippen LogP contribution in [0.25, 0.3) is 0 Å². The Bertz CT molecular complexity index is 211. The Labute approximate surface area is 84.8 Å². The van der Waals surface area contributed by atoms with Crippen molar-refractivity contribution in [1.29, 1.82) is 0 Å². The fourth-order valence-electron chi connectivity index (χ4n) is 2.26. The van der Waals surface area contributed by atoms with Crippen molar-refractivity contribution in [2.45, 2.75) is 37.8 Å². The van der Waals surface area contributed by atoms with E-state index in [0.29, 0.717) is 18.5 Å². The topological polar surface area (TPSA) is 58.4 Å². The van der Waals surface area contributed by atoms with Gasteiger partial charge in [-0.2, -0.15) is 0 Å². The van der Waals surface area contributed by atoms with Gasteiger partial charge in [0, 0.05) is 25.0 Å². The summed E-state index contributed by atoms with van der Waals surface area (Å²) < 4.78 is 0. The van der Waals surface area contributed by atoms with Gasteiger partial charge in [-0.15, -0.1) is 0 Å². The Morgan fingerprint density at radius 2 is 2.07 bits per heavy atom. The van der Waals surface area contributed by atoms with E-state index in [1.807, 2.05) is 0 Å². The van der Waals surface area contributed by atoms with Gasteiger partial charge in [0.25, 0.3) is 0 Å².